The minimum Gasteiger partial charge on any atom is -0.309 e. The third kappa shape index (κ3) is 9.54. The summed E-state index contributed by atoms with van der Waals surface area (Å²) in [6.07, 6.45) is 3.35. The highest BCUT2D eigenvalue weighted by atomic mass is 15.0. The highest BCUT2D eigenvalue weighted by molar-refractivity contribution is 6.13. The van der Waals surface area contributed by atoms with E-state index in [0.29, 0.717) is 23.9 Å². The quantitative estimate of drug-likeness (QED) is 0.115. The Kier molecular flexibility index (Phi) is 13.5. The Bertz CT molecular complexity index is 4670. The highest BCUT2D eigenvalue weighted by Gasteiger charge is 2.23. The molecule has 0 spiro atoms. The normalized spacial score (nSPS) is 11.6. The van der Waals surface area contributed by atoms with E-state index in [1.54, 1.807) is 0 Å². The van der Waals surface area contributed by atoms with E-state index in [1.807, 2.05) is 24.3 Å². The number of fused-ring (bicyclic) bond motifs is 6. The van der Waals surface area contributed by atoms with Gasteiger partial charge in [-0.05, 0) is 208 Å². The van der Waals surface area contributed by atoms with Crippen LogP contribution in [-0.4, -0.2) is 24.1 Å². The smallest absolute Gasteiger partial charge is 0.164 e. The number of rotatable bonds is 12. The van der Waals surface area contributed by atoms with Crippen molar-refractivity contribution in [3.05, 3.63) is 263 Å². The van der Waals surface area contributed by atoms with Gasteiger partial charge in [0.2, 0.25) is 0 Å². The van der Waals surface area contributed by atoms with Crippen LogP contribution in [0.2, 0.25) is 0 Å². The van der Waals surface area contributed by atoms with Crippen LogP contribution < -0.4 is 0 Å². The summed E-state index contributed by atoms with van der Waals surface area (Å²) >= 11 is 0. The summed E-state index contributed by atoms with van der Waals surface area (Å²) in [4.78, 5) is 16.0. The molecule has 13 aromatic rings. The summed E-state index contributed by atoms with van der Waals surface area (Å²) in [5, 5.41) is 4.69. The highest BCUT2D eigenvalue weighted by Crippen LogP contribution is 2.44. The molecule has 0 bridgehead atoms. The van der Waals surface area contributed by atoms with Crippen molar-refractivity contribution in [1.82, 2.24) is 24.1 Å². The lowest BCUT2D eigenvalue weighted by Crippen LogP contribution is -2.05. The number of hydrogen-bond acceptors (Lipinski definition) is 3. The van der Waals surface area contributed by atoms with Gasteiger partial charge in [-0.15, -0.1) is 6.58 Å². The molecule has 5 heteroatoms. The molecule has 0 fully saturated rings. The second-order valence-corrected chi connectivity index (χ2v) is 23.6. The van der Waals surface area contributed by atoms with Crippen LogP contribution in [0.25, 0.3) is 128 Å². The molecule has 0 aliphatic heterocycles. The largest absolute Gasteiger partial charge is 0.309 e. The van der Waals surface area contributed by atoms with E-state index in [9.17, 15) is 0 Å². The Labute approximate surface area is 494 Å². The number of aromatic nitrogens is 5. The minimum absolute atomic E-state index is 0.563. The van der Waals surface area contributed by atoms with E-state index in [0.717, 1.165) is 67.7 Å². The van der Waals surface area contributed by atoms with Crippen molar-refractivity contribution in [2.75, 3.05) is 0 Å². The number of nitrogens with zero attached hydrogens (tertiary/aromatic N) is 5. The van der Waals surface area contributed by atoms with Gasteiger partial charge in [-0.25, -0.2) is 15.0 Å². The van der Waals surface area contributed by atoms with Gasteiger partial charge in [-0.3, -0.25) is 0 Å². The second kappa shape index (κ2) is 21.2. The van der Waals surface area contributed by atoms with Crippen LogP contribution in [-0.2, 0) is 0 Å². The fourth-order valence-corrected chi connectivity index (χ4v) is 13.6. The van der Waals surface area contributed by atoms with Crippen molar-refractivity contribution in [1.29, 1.82) is 0 Å². The lowest BCUT2D eigenvalue weighted by molar-refractivity contribution is 0.987. The SMILES string of the molecule is C=CCCC(=C)c1nc(-c2ccccc2)nc(-c2cc(-n3c4cc(-c5ccc(C)cc5)ccc4c4ccc(-c5c(C)cc(C)cc5C)cc43)cc(-n3c4cc(-c5c(C)cc(C)cc5C)ccc4c4ccc(-c5c(C)cc(C)cc5C)cc43)c2)n1. The predicted molar refractivity (Wildman–Crippen MR) is 357 cm³/mol. The average Bonchev–Trinajstić information content (AvgIpc) is 1.71. The van der Waals surface area contributed by atoms with Crippen LogP contribution in [0, 0.1) is 69.2 Å². The molecule has 410 valence electrons. The van der Waals surface area contributed by atoms with E-state index in [2.05, 4.69) is 255 Å². The maximum Gasteiger partial charge on any atom is 0.164 e. The zero-order valence-corrected chi connectivity index (χ0v) is 50.0. The molecule has 84 heavy (non-hydrogen) atoms. The first-order valence-electron chi connectivity index (χ1n) is 29.3. The molecule has 0 atom stereocenters. The van der Waals surface area contributed by atoms with Crippen LogP contribution in [0.15, 0.2) is 201 Å². The molecular formula is C79H69N5. The molecule has 0 saturated heterocycles. The molecule has 0 aliphatic rings. The lowest BCUT2D eigenvalue weighted by atomic mass is 9.92. The second-order valence-electron chi connectivity index (χ2n) is 23.6. The van der Waals surface area contributed by atoms with Crippen LogP contribution in [0.3, 0.4) is 0 Å². The molecule has 0 N–H and O–H groups in total. The van der Waals surface area contributed by atoms with E-state index in [-0.39, 0.29) is 0 Å². The standard InChI is InChI=1S/C79H69N5/c1-13-14-18-50(6)77-80-78(58-19-16-15-17-20-58)82-79(81-77)63-39-64(83-70-41-59(57-23-21-46(2)22-24-57)25-29-66(70)67-30-26-60(42-71(67)83)74-51(7)33-47(3)34-52(74)8)45-65(40-63)84-72-43-61(75-53(9)35-48(4)36-54(75)10)27-31-68(72)69-32-28-62(44-73(69)84)76-55(11)37-49(5)38-56(76)12/h13,15-17,19-45H,1,6,14,18H2,2-5,7-12H3. The fraction of sp³-hybridized carbons (Fsp3) is 0.152. The van der Waals surface area contributed by atoms with Crippen molar-refractivity contribution in [3.63, 3.8) is 0 Å². The fourth-order valence-electron chi connectivity index (χ4n) is 13.6. The summed E-state index contributed by atoms with van der Waals surface area (Å²) in [5.74, 6) is 1.72. The van der Waals surface area contributed by atoms with Gasteiger partial charge in [-0.1, -0.05) is 174 Å². The maximum atomic E-state index is 5.43. The molecule has 0 aliphatic carbocycles. The Morgan fingerprint density at radius 2 is 0.726 bits per heavy atom. The number of benzene rings is 10. The Morgan fingerprint density at radius 3 is 1.13 bits per heavy atom. The van der Waals surface area contributed by atoms with Crippen LogP contribution in [0.1, 0.15) is 74.3 Å². The zero-order chi connectivity index (χ0) is 58.2. The number of hydrogen-bond donors (Lipinski definition) is 0. The van der Waals surface area contributed by atoms with Crippen molar-refractivity contribution in [2.45, 2.75) is 82.1 Å². The first-order chi connectivity index (χ1) is 40.6. The Morgan fingerprint density at radius 1 is 0.357 bits per heavy atom. The van der Waals surface area contributed by atoms with Gasteiger partial charge in [0.05, 0.1) is 22.1 Å². The van der Waals surface area contributed by atoms with E-state index in [1.165, 1.54) is 111 Å². The Balaban J connectivity index is 1.18. The van der Waals surface area contributed by atoms with Crippen molar-refractivity contribution < 1.29 is 0 Å². The molecule has 13 rings (SSSR count). The van der Waals surface area contributed by atoms with Crippen LogP contribution in [0.5, 0.6) is 0 Å². The summed E-state index contributed by atoms with van der Waals surface area (Å²) < 4.78 is 4.99. The van der Waals surface area contributed by atoms with E-state index >= 15 is 0 Å². The van der Waals surface area contributed by atoms with Gasteiger partial charge in [-0.2, -0.15) is 0 Å². The monoisotopic (exact) mass is 1090 g/mol. The van der Waals surface area contributed by atoms with E-state index < -0.39 is 0 Å². The topological polar surface area (TPSA) is 48.5 Å². The third-order valence-electron chi connectivity index (χ3n) is 17.1. The summed E-state index contributed by atoms with van der Waals surface area (Å²) in [6.45, 7) is 30.8. The van der Waals surface area contributed by atoms with Crippen molar-refractivity contribution in [3.8, 4) is 78.7 Å². The summed E-state index contributed by atoms with van der Waals surface area (Å²) in [5.41, 5.74) is 31.1. The molecular weight excluding hydrogens is 1020 g/mol. The number of allylic oxidation sites excluding steroid dienone is 2. The van der Waals surface area contributed by atoms with Gasteiger partial charge < -0.3 is 9.13 Å². The van der Waals surface area contributed by atoms with Gasteiger partial charge in [0, 0.05) is 44.0 Å². The molecule has 5 nitrogen and oxygen atoms in total. The lowest BCUT2D eigenvalue weighted by Gasteiger charge is -2.18. The van der Waals surface area contributed by atoms with E-state index in [4.69, 9.17) is 15.0 Å². The molecule has 10 aromatic carbocycles. The zero-order valence-electron chi connectivity index (χ0n) is 50.0. The van der Waals surface area contributed by atoms with Gasteiger partial charge in [0.15, 0.2) is 17.5 Å². The predicted octanol–water partition coefficient (Wildman–Crippen LogP) is 21.1. The molecule has 3 aromatic heterocycles. The average molecular weight is 1090 g/mol. The molecule has 0 amide bonds. The molecule has 0 saturated carbocycles. The van der Waals surface area contributed by atoms with Crippen molar-refractivity contribution >= 4 is 49.2 Å². The summed E-state index contributed by atoms with van der Waals surface area (Å²) in [7, 11) is 0. The minimum atomic E-state index is 0.563. The van der Waals surface area contributed by atoms with Crippen molar-refractivity contribution in [2.24, 2.45) is 0 Å². The van der Waals surface area contributed by atoms with Gasteiger partial charge >= 0.3 is 0 Å². The maximum absolute atomic E-state index is 5.43. The van der Waals surface area contributed by atoms with Gasteiger partial charge in [0.1, 0.15) is 0 Å². The third-order valence-corrected chi connectivity index (χ3v) is 17.1. The Hall–Kier alpha value is -9.71. The van der Waals surface area contributed by atoms with Crippen LogP contribution >= 0.6 is 0 Å². The molecule has 3 heterocycles. The van der Waals surface area contributed by atoms with Crippen LogP contribution in [0.4, 0.5) is 0 Å². The first kappa shape index (κ1) is 53.6. The summed E-state index contributed by atoms with van der Waals surface area (Å²) in [6, 6.07) is 68.1. The number of aryl methyl sites for hydroxylation is 10. The molecule has 0 unspecified atom stereocenters. The first-order valence-corrected chi connectivity index (χ1v) is 29.3. The molecule has 0 radical (unpaired) electrons. The van der Waals surface area contributed by atoms with Gasteiger partial charge in [0.25, 0.3) is 0 Å².